The van der Waals surface area contributed by atoms with Crippen molar-refractivity contribution < 1.29 is 27.8 Å². The Balaban J connectivity index is 2.22. The van der Waals surface area contributed by atoms with Crippen molar-refractivity contribution in [3.05, 3.63) is 16.1 Å². The first-order valence-electron chi connectivity index (χ1n) is 6.74. The molecular formula is C13H17F3N2O3S. The van der Waals surface area contributed by atoms with Crippen LogP contribution in [0, 0.1) is 6.92 Å². The predicted molar refractivity (Wildman–Crippen MR) is 73.4 cm³/mol. The van der Waals surface area contributed by atoms with Crippen LogP contribution in [-0.2, 0) is 15.1 Å². The Hall–Kier alpha value is -1.19. The first kappa shape index (κ1) is 17.2. The summed E-state index contributed by atoms with van der Waals surface area (Å²) in [5, 5.41) is 11.0. The van der Waals surface area contributed by atoms with E-state index in [2.05, 4.69) is 4.98 Å². The lowest BCUT2D eigenvalue weighted by Crippen LogP contribution is -2.50. The van der Waals surface area contributed by atoms with Crippen molar-refractivity contribution >= 4 is 17.2 Å². The number of hydrogen-bond donors (Lipinski definition) is 1. The molecule has 1 aromatic rings. The standard InChI is InChI=1S/C13H17F3N2O3S/c1-8-7-22-11(17-8)12(20,13(14,15)16)5-10(19)18-3-4-21-9(2)6-18/h7,9,20H,3-6H2,1-2H3/t9-,12-/m0/s1. The number of ether oxygens (including phenoxy) is 1. The second kappa shape index (κ2) is 6.13. The van der Waals surface area contributed by atoms with Gasteiger partial charge in [-0.3, -0.25) is 4.79 Å². The highest BCUT2D eigenvalue weighted by molar-refractivity contribution is 7.09. The molecule has 1 aliphatic rings. The van der Waals surface area contributed by atoms with Crippen molar-refractivity contribution in [2.45, 2.75) is 38.1 Å². The van der Waals surface area contributed by atoms with Crippen LogP contribution in [0.25, 0.3) is 0 Å². The molecule has 0 bridgehead atoms. The van der Waals surface area contributed by atoms with Crippen molar-refractivity contribution in [3.63, 3.8) is 0 Å². The number of morpholine rings is 1. The summed E-state index contributed by atoms with van der Waals surface area (Å²) in [5.41, 5.74) is -2.89. The van der Waals surface area contributed by atoms with Gasteiger partial charge in [0.25, 0.3) is 0 Å². The van der Waals surface area contributed by atoms with Crippen LogP contribution in [-0.4, -0.2) is 52.9 Å². The number of carbonyl (C=O) groups is 1. The average Bonchev–Trinajstić information content (AvgIpc) is 2.84. The summed E-state index contributed by atoms with van der Waals surface area (Å²) in [6, 6.07) is 0. The molecule has 9 heteroatoms. The van der Waals surface area contributed by atoms with Gasteiger partial charge >= 0.3 is 6.18 Å². The van der Waals surface area contributed by atoms with E-state index in [1.165, 1.54) is 17.2 Å². The molecule has 2 heterocycles. The maximum absolute atomic E-state index is 13.3. The molecule has 22 heavy (non-hydrogen) atoms. The van der Waals surface area contributed by atoms with Crippen LogP contribution in [0.5, 0.6) is 0 Å². The number of thiazole rings is 1. The number of halogens is 3. The fraction of sp³-hybridized carbons (Fsp3) is 0.692. The van der Waals surface area contributed by atoms with Gasteiger partial charge in [-0.15, -0.1) is 11.3 Å². The Morgan fingerprint density at radius 2 is 2.27 bits per heavy atom. The topological polar surface area (TPSA) is 62.7 Å². The highest BCUT2D eigenvalue weighted by atomic mass is 32.1. The lowest BCUT2D eigenvalue weighted by molar-refractivity contribution is -0.268. The Morgan fingerprint density at radius 1 is 1.59 bits per heavy atom. The van der Waals surface area contributed by atoms with Crippen LogP contribution < -0.4 is 0 Å². The molecule has 0 saturated carbocycles. The number of alkyl halides is 3. The normalized spacial score (nSPS) is 22.5. The molecule has 124 valence electrons. The molecule has 5 nitrogen and oxygen atoms in total. The molecule has 1 amide bonds. The highest BCUT2D eigenvalue weighted by Crippen LogP contribution is 2.43. The van der Waals surface area contributed by atoms with Crippen LogP contribution in [0.2, 0.25) is 0 Å². The van der Waals surface area contributed by atoms with Gasteiger partial charge in [-0.1, -0.05) is 0 Å². The van der Waals surface area contributed by atoms with Crippen LogP contribution in [0.4, 0.5) is 13.2 Å². The summed E-state index contributed by atoms with van der Waals surface area (Å²) < 4.78 is 45.2. The summed E-state index contributed by atoms with van der Waals surface area (Å²) in [6.07, 6.45) is -6.29. The van der Waals surface area contributed by atoms with Crippen molar-refractivity contribution in [2.75, 3.05) is 19.7 Å². The minimum absolute atomic E-state index is 0.212. The fourth-order valence-corrected chi connectivity index (χ4v) is 3.13. The molecule has 1 aliphatic heterocycles. The van der Waals surface area contributed by atoms with E-state index in [-0.39, 0.29) is 25.8 Å². The second-order valence-electron chi connectivity index (χ2n) is 5.35. The molecular weight excluding hydrogens is 321 g/mol. The van der Waals surface area contributed by atoms with E-state index in [0.717, 1.165) is 0 Å². The second-order valence-corrected chi connectivity index (χ2v) is 6.21. The number of amides is 1. The number of aryl methyl sites for hydroxylation is 1. The van der Waals surface area contributed by atoms with Gasteiger partial charge in [0, 0.05) is 24.2 Å². The maximum Gasteiger partial charge on any atom is 0.424 e. The van der Waals surface area contributed by atoms with Crippen LogP contribution in [0.1, 0.15) is 24.0 Å². The fourth-order valence-electron chi connectivity index (χ4n) is 2.22. The average molecular weight is 338 g/mol. The van der Waals surface area contributed by atoms with E-state index >= 15 is 0 Å². The number of aromatic nitrogens is 1. The molecule has 0 aromatic carbocycles. The van der Waals surface area contributed by atoms with Gasteiger partial charge < -0.3 is 14.7 Å². The molecule has 1 aromatic heterocycles. The summed E-state index contributed by atoms with van der Waals surface area (Å²) in [4.78, 5) is 17.2. The van der Waals surface area contributed by atoms with Gasteiger partial charge in [0.15, 0.2) is 0 Å². The summed E-state index contributed by atoms with van der Waals surface area (Å²) in [7, 11) is 0. The molecule has 0 aliphatic carbocycles. The zero-order valence-electron chi connectivity index (χ0n) is 12.2. The minimum atomic E-state index is -4.98. The summed E-state index contributed by atoms with van der Waals surface area (Å²) in [6.45, 7) is 3.97. The zero-order chi connectivity index (χ0) is 16.5. The van der Waals surface area contributed by atoms with E-state index in [1.54, 1.807) is 6.92 Å². The number of rotatable bonds is 3. The number of aliphatic hydroxyl groups is 1. The third-order valence-corrected chi connectivity index (χ3v) is 4.55. The van der Waals surface area contributed by atoms with Crippen molar-refractivity contribution in [1.82, 2.24) is 9.88 Å². The van der Waals surface area contributed by atoms with Crippen LogP contribution in [0.3, 0.4) is 0 Å². The van der Waals surface area contributed by atoms with Gasteiger partial charge in [-0.2, -0.15) is 13.2 Å². The zero-order valence-corrected chi connectivity index (χ0v) is 13.0. The van der Waals surface area contributed by atoms with Gasteiger partial charge in [0.05, 0.1) is 19.1 Å². The SMILES string of the molecule is Cc1csc([C@@](O)(CC(=O)N2CCO[C@@H](C)C2)C(F)(F)F)n1. The van der Waals surface area contributed by atoms with E-state index in [4.69, 9.17) is 4.74 Å². The van der Waals surface area contributed by atoms with Crippen molar-refractivity contribution in [1.29, 1.82) is 0 Å². The monoisotopic (exact) mass is 338 g/mol. The first-order chi connectivity index (χ1) is 10.1. The molecule has 1 fully saturated rings. The molecule has 0 radical (unpaired) electrons. The Labute approximate surface area is 129 Å². The number of nitrogens with zero attached hydrogens (tertiary/aromatic N) is 2. The molecule has 0 unspecified atom stereocenters. The summed E-state index contributed by atoms with van der Waals surface area (Å²) >= 11 is 0.696. The van der Waals surface area contributed by atoms with Crippen molar-refractivity contribution in [2.24, 2.45) is 0 Å². The summed E-state index contributed by atoms with van der Waals surface area (Å²) in [5.74, 6) is -0.761. The molecule has 1 N–H and O–H groups in total. The van der Waals surface area contributed by atoms with Gasteiger partial charge in [-0.25, -0.2) is 4.98 Å². The Kier molecular flexibility index (Phi) is 4.78. The maximum atomic E-state index is 13.3. The highest BCUT2D eigenvalue weighted by Gasteiger charge is 2.58. The van der Waals surface area contributed by atoms with E-state index in [0.29, 0.717) is 17.0 Å². The lowest BCUT2D eigenvalue weighted by Gasteiger charge is -2.34. The minimum Gasteiger partial charge on any atom is -0.375 e. The Morgan fingerprint density at radius 3 is 2.77 bits per heavy atom. The third kappa shape index (κ3) is 3.41. The largest absolute Gasteiger partial charge is 0.424 e. The van der Waals surface area contributed by atoms with Crippen LogP contribution >= 0.6 is 11.3 Å². The van der Waals surface area contributed by atoms with Gasteiger partial charge in [0.1, 0.15) is 5.01 Å². The van der Waals surface area contributed by atoms with Gasteiger partial charge in [-0.05, 0) is 13.8 Å². The molecule has 1 saturated heterocycles. The Bertz CT molecular complexity index is 549. The quantitative estimate of drug-likeness (QED) is 0.913. The smallest absolute Gasteiger partial charge is 0.375 e. The van der Waals surface area contributed by atoms with Crippen molar-refractivity contribution in [3.8, 4) is 0 Å². The van der Waals surface area contributed by atoms with E-state index in [1.807, 2.05) is 0 Å². The van der Waals surface area contributed by atoms with E-state index in [9.17, 15) is 23.1 Å². The first-order valence-corrected chi connectivity index (χ1v) is 7.62. The van der Waals surface area contributed by atoms with Gasteiger partial charge in [0.2, 0.25) is 11.5 Å². The number of carbonyl (C=O) groups excluding carboxylic acids is 1. The molecule has 2 rings (SSSR count). The lowest BCUT2D eigenvalue weighted by atomic mass is 9.98. The van der Waals surface area contributed by atoms with Crippen LogP contribution in [0.15, 0.2) is 5.38 Å². The third-order valence-electron chi connectivity index (χ3n) is 3.44. The predicted octanol–water partition coefficient (Wildman–Crippen LogP) is 1.84. The van der Waals surface area contributed by atoms with E-state index < -0.39 is 29.1 Å². The molecule has 2 atom stereocenters. The molecule has 0 spiro atoms. The number of hydrogen-bond acceptors (Lipinski definition) is 5.